The molecule has 0 aliphatic carbocycles. The quantitative estimate of drug-likeness (QED) is 0.706. The molecule has 1 atom stereocenters. The number of nitrogens with zero attached hydrogens (tertiary/aromatic N) is 3. The maximum Gasteiger partial charge on any atom is 0.111 e. The molecule has 0 spiro atoms. The van der Waals surface area contributed by atoms with Gasteiger partial charge in [0.05, 0.1) is 5.69 Å². The van der Waals surface area contributed by atoms with Crippen LogP contribution in [0, 0.1) is 0 Å². The van der Waals surface area contributed by atoms with Crippen molar-refractivity contribution in [2.45, 2.75) is 25.8 Å². The van der Waals surface area contributed by atoms with Crippen LogP contribution in [0.1, 0.15) is 25.1 Å². The zero-order valence-electron chi connectivity index (χ0n) is 8.72. The lowest BCUT2D eigenvalue weighted by Crippen LogP contribution is -2.00. The van der Waals surface area contributed by atoms with E-state index in [4.69, 9.17) is 0 Å². The first-order valence-electron chi connectivity index (χ1n) is 5.34. The van der Waals surface area contributed by atoms with Gasteiger partial charge in [0, 0.05) is 17.9 Å². The number of aryl methyl sites for hydroxylation is 1. The molecular formula is C12H13N3. The molecule has 0 amide bonds. The van der Waals surface area contributed by atoms with Crippen LogP contribution < -0.4 is 0 Å². The molecule has 0 bridgehead atoms. The van der Waals surface area contributed by atoms with Crippen molar-refractivity contribution < 1.29 is 0 Å². The van der Waals surface area contributed by atoms with Gasteiger partial charge in [-0.05, 0) is 38.0 Å². The van der Waals surface area contributed by atoms with Crippen molar-refractivity contribution in [1.29, 1.82) is 0 Å². The largest absolute Gasteiger partial charge is 0.266 e. The minimum absolute atomic E-state index is 0.539. The van der Waals surface area contributed by atoms with E-state index >= 15 is 0 Å². The Labute approximate surface area is 88.8 Å². The van der Waals surface area contributed by atoms with Gasteiger partial charge in [-0.3, -0.25) is 9.67 Å². The minimum atomic E-state index is 0.539. The highest BCUT2D eigenvalue weighted by Crippen LogP contribution is 2.28. The highest BCUT2D eigenvalue weighted by molar-refractivity contribution is 5.54. The van der Waals surface area contributed by atoms with Gasteiger partial charge in [-0.15, -0.1) is 0 Å². The Hall–Kier alpha value is -1.64. The monoisotopic (exact) mass is 199 g/mol. The topological polar surface area (TPSA) is 30.7 Å². The molecule has 1 unspecified atom stereocenters. The molecular weight excluding hydrogens is 186 g/mol. The Morgan fingerprint density at radius 1 is 1.33 bits per heavy atom. The molecule has 3 heteroatoms. The van der Waals surface area contributed by atoms with Crippen molar-refractivity contribution in [3.05, 3.63) is 36.2 Å². The van der Waals surface area contributed by atoms with Gasteiger partial charge in [0.2, 0.25) is 0 Å². The van der Waals surface area contributed by atoms with E-state index in [-0.39, 0.29) is 0 Å². The summed E-state index contributed by atoms with van der Waals surface area (Å²) in [6, 6.07) is 8.62. The molecule has 76 valence electrons. The molecule has 1 aliphatic rings. The van der Waals surface area contributed by atoms with Crippen LogP contribution in [0.5, 0.6) is 0 Å². The van der Waals surface area contributed by atoms with Crippen molar-refractivity contribution in [1.82, 2.24) is 14.8 Å². The molecule has 0 aromatic carbocycles. The van der Waals surface area contributed by atoms with Gasteiger partial charge in [-0.2, -0.15) is 5.10 Å². The van der Waals surface area contributed by atoms with E-state index in [1.807, 2.05) is 24.4 Å². The van der Waals surface area contributed by atoms with E-state index in [0.717, 1.165) is 17.8 Å². The molecule has 3 rings (SSSR count). The van der Waals surface area contributed by atoms with Gasteiger partial charge >= 0.3 is 0 Å². The number of rotatable bonds is 1. The van der Waals surface area contributed by atoms with Gasteiger partial charge in [-0.1, -0.05) is 6.07 Å². The third-order valence-electron chi connectivity index (χ3n) is 2.98. The second-order valence-electron chi connectivity index (χ2n) is 4.07. The summed E-state index contributed by atoms with van der Waals surface area (Å²) in [5, 5.41) is 4.60. The molecule has 2 aromatic heterocycles. The second kappa shape index (κ2) is 3.19. The molecule has 1 aliphatic heterocycles. The summed E-state index contributed by atoms with van der Waals surface area (Å²) in [6.07, 6.45) is 4.16. The zero-order chi connectivity index (χ0) is 10.3. The molecule has 3 heterocycles. The molecule has 3 nitrogen and oxygen atoms in total. The smallest absolute Gasteiger partial charge is 0.111 e. The molecule has 15 heavy (non-hydrogen) atoms. The van der Waals surface area contributed by atoms with Crippen molar-refractivity contribution in [3.8, 4) is 11.4 Å². The van der Waals surface area contributed by atoms with Gasteiger partial charge in [0.25, 0.3) is 0 Å². The zero-order valence-corrected chi connectivity index (χ0v) is 8.72. The Morgan fingerprint density at radius 3 is 3.00 bits per heavy atom. The van der Waals surface area contributed by atoms with Crippen LogP contribution in [0.2, 0.25) is 0 Å². The van der Waals surface area contributed by atoms with Crippen molar-refractivity contribution >= 4 is 0 Å². The van der Waals surface area contributed by atoms with Gasteiger partial charge < -0.3 is 0 Å². The van der Waals surface area contributed by atoms with Crippen LogP contribution in [0.3, 0.4) is 0 Å². The average molecular weight is 199 g/mol. The van der Waals surface area contributed by atoms with E-state index in [1.165, 1.54) is 12.1 Å². The molecule has 0 saturated carbocycles. The van der Waals surface area contributed by atoms with Crippen LogP contribution in [-0.2, 0) is 6.42 Å². The van der Waals surface area contributed by atoms with E-state index in [0.29, 0.717) is 6.04 Å². The average Bonchev–Trinajstić information content (AvgIpc) is 2.83. The van der Waals surface area contributed by atoms with Crippen LogP contribution >= 0.6 is 0 Å². The summed E-state index contributed by atoms with van der Waals surface area (Å²) in [7, 11) is 0. The standard InChI is InChI=1S/C12H13N3/c1-9-5-6-10-8-12(14-15(9)10)11-4-2-3-7-13-11/h2-4,7-9H,5-6H2,1H3. The molecule has 0 fully saturated rings. The first kappa shape index (κ1) is 8.65. The predicted molar refractivity (Wildman–Crippen MR) is 58.5 cm³/mol. The van der Waals surface area contributed by atoms with Crippen molar-refractivity contribution in [3.63, 3.8) is 0 Å². The number of pyridine rings is 1. The van der Waals surface area contributed by atoms with Crippen molar-refractivity contribution in [2.75, 3.05) is 0 Å². The normalized spacial score (nSPS) is 19.1. The third kappa shape index (κ3) is 1.35. The van der Waals surface area contributed by atoms with E-state index in [2.05, 4.69) is 27.8 Å². The van der Waals surface area contributed by atoms with E-state index < -0.39 is 0 Å². The number of aromatic nitrogens is 3. The summed E-state index contributed by atoms with van der Waals surface area (Å²) in [5.41, 5.74) is 3.30. The second-order valence-corrected chi connectivity index (χ2v) is 4.07. The first-order valence-corrected chi connectivity index (χ1v) is 5.34. The lowest BCUT2D eigenvalue weighted by molar-refractivity contribution is 0.523. The van der Waals surface area contributed by atoms with Gasteiger partial charge in [0.15, 0.2) is 0 Å². The lowest BCUT2D eigenvalue weighted by atomic mass is 10.2. The van der Waals surface area contributed by atoms with Crippen LogP contribution in [-0.4, -0.2) is 14.8 Å². The lowest BCUT2D eigenvalue weighted by Gasteiger charge is -2.03. The van der Waals surface area contributed by atoms with E-state index in [9.17, 15) is 0 Å². The van der Waals surface area contributed by atoms with Crippen LogP contribution in [0.25, 0.3) is 11.4 Å². The number of fused-ring (bicyclic) bond motifs is 1. The maximum absolute atomic E-state index is 4.60. The fourth-order valence-corrected chi connectivity index (χ4v) is 2.12. The van der Waals surface area contributed by atoms with Crippen molar-refractivity contribution in [2.24, 2.45) is 0 Å². The SMILES string of the molecule is CC1CCc2cc(-c3ccccn3)nn21. The summed E-state index contributed by atoms with van der Waals surface area (Å²) >= 11 is 0. The van der Waals surface area contributed by atoms with Gasteiger partial charge in [-0.25, -0.2) is 0 Å². The highest BCUT2D eigenvalue weighted by Gasteiger charge is 2.20. The molecule has 0 saturated heterocycles. The summed E-state index contributed by atoms with van der Waals surface area (Å²) in [5.74, 6) is 0. The number of hydrogen-bond acceptors (Lipinski definition) is 2. The third-order valence-corrected chi connectivity index (χ3v) is 2.98. The number of hydrogen-bond donors (Lipinski definition) is 0. The first-order chi connectivity index (χ1) is 7.34. The maximum atomic E-state index is 4.60. The van der Waals surface area contributed by atoms with E-state index in [1.54, 1.807) is 0 Å². The Bertz CT molecular complexity index is 473. The Kier molecular flexibility index (Phi) is 1.84. The fourth-order valence-electron chi connectivity index (χ4n) is 2.12. The predicted octanol–water partition coefficient (Wildman–Crippen LogP) is 2.45. The van der Waals surface area contributed by atoms with Gasteiger partial charge in [0.1, 0.15) is 5.69 Å². The fraction of sp³-hybridized carbons (Fsp3) is 0.333. The summed E-state index contributed by atoms with van der Waals surface area (Å²) in [6.45, 7) is 2.21. The Morgan fingerprint density at radius 2 is 2.27 bits per heavy atom. The highest BCUT2D eigenvalue weighted by atomic mass is 15.3. The Balaban J connectivity index is 2.05. The van der Waals surface area contributed by atoms with Crippen LogP contribution in [0.15, 0.2) is 30.5 Å². The van der Waals surface area contributed by atoms with Crippen LogP contribution in [0.4, 0.5) is 0 Å². The molecule has 0 radical (unpaired) electrons. The molecule has 2 aromatic rings. The summed E-state index contributed by atoms with van der Waals surface area (Å²) < 4.78 is 2.13. The minimum Gasteiger partial charge on any atom is -0.266 e. The molecule has 0 N–H and O–H groups in total. The summed E-state index contributed by atoms with van der Waals surface area (Å²) in [4.78, 5) is 4.31.